The molecular weight excluding hydrogens is 276 g/mol. The molecule has 1 aromatic carbocycles. The van der Waals surface area contributed by atoms with Crippen LogP contribution in [0.25, 0.3) is 23.0 Å². The lowest BCUT2D eigenvalue weighted by atomic mass is 10.1. The Morgan fingerprint density at radius 1 is 1.23 bits per heavy atom. The Kier molecular flexibility index (Phi) is 3.75. The molecule has 0 fully saturated rings. The molecule has 0 bridgehead atoms. The maximum atomic E-state index is 9.29. The Bertz CT molecular complexity index is 842. The first kappa shape index (κ1) is 13.7. The molecule has 5 nitrogen and oxygen atoms in total. The van der Waals surface area contributed by atoms with Gasteiger partial charge in [0.05, 0.1) is 0 Å². The fraction of sp³-hybridized carbons (Fsp3) is 0.0588. The molecule has 0 radical (unpaired) electrons. The van der Waals surface area contributed by atoms with Crippen molar-refractivity contribution in [2.24, 2.45) is 0 Å². The number of allylic oxidation sites excluding steroid dienone is 1. The van der Waals surface area contributed by atoms with Crippen LogP contribution in [0.15, 0.2) is 53.3 Å². The van der Waals surface area contributed by atoms with E-state index in [1.165, 1.54) is 0 Å². The SMILES string of the molecule is Cc1ccc(-c2noc(C(C#N)=Cc3cccnc3)n2)cc1. The topological polar surface area (TPSA) is 75.6 Å². The van der Waals surface area contributed by atoms with Crippen molar-refractivity contribution in [3.8, 4) is 17.5 Å². The largest absolute Gasteiger partial charge is 0.333 e. The first-order valence-corrected chi connectivity index (χ1v) is 6.69. The Labute approximate surface area is 127 Å². The minimum Gasteiger partial charge on any atom is -0.333 e. The van der Waals surface area contributed by atoms with Gasteiger partial charge in [-0.25, -0.2) is 0 Å². The quantitative estimate of drug-likeness (QED) is 0.689. The summed E-state index contributed by atoms with van der Waals surface area (Å²) in [4.78, 5) is 8.29. The summed E-state index contributed by atoms with van der Waals surface area (Å²) in [5, 5.41) is 13.2. The molecule has 3 aromatic rings. The molecule has 2 heterocycles. The molecule has 0 aliphatic heterocycles. The van der Waals surface area contributed by atoms with E-state index in [1.54, 1.807) is 24.5 Å². The molecule has 0 amide bonds. The molecule has 0 aliphatic carbocycles. The van der Waals surface area contributed by atoms with E-state index in [-0.39, 0.29) is 5.89 Å². The monoisotopic (exact) mass is 288 g/mol. The lowest BCUT2D eigenvalue weighted by molar-refractivity contribution is 0.409. The van der Waals surface area contributed by atoms with Crippen LogP contribution in [0.1, 0.15) is 17.0 Å². The van der Waals surface area contributed by atoms with E-state index in [2.05, 4.69) is 21.2 Å². The van der Waals surface area contributed by atoms with Crippen LogP contribution in [0.5, 0.6) is 0 Å². The van der Waals surface area contributed by atoms with E-state index < -0.39 is 0 Å². The number of aryl methyl sites for hydroxylation is 1. The fourth-order valence-electron chi connectivity index (χ4n) is 1.92. The van der Waals surface area contributed by atoms with Gasteiger partial charge in [0, 0.05) is 18.0 Å². The number of benzene rings is 1. The maximum Gasteiger partial charge on any atom is 0.268 e. The molecule has 5 heteroatoms. The lowest BCUT2D eigenvalue weighted by Crippen LogP contribution is -1.84. The van der Waals surface area contributed by atoms with Crippen molar-refractivity contribution < 1.29 is 4.52 Å². The normalized spacial score (nSPS) is 11.2. The van der Waals surface area contributed by atoms with Crippen molar-refractivity contribution in [3.63, 3.8) is 0 Å². The smallest absolute Gasteiger partial charge is 0.268 e. The minimum atomic E-state index is 0.196. The van der Waals surface area contributed by atoms with Gasteiger partial charge in [-0.2, -0.15) is 10.2 Å². The summed E-state index contributed by atoms with van der Waals surface area (Å²) < 4.78 is 5.20. The van der Waals surface area contributed by atoms with Crippen LogP contribution < -0.4 is 0 Å². The molecule has 0 atom stereocenters. The summed E-state index contributed by atoms with van der Waals surface area (Å²) in [6.45, 7) is 2.01. The highest BCUT2D eigenvalue weighted by Gasteiger charge is 2.12. The van der Waals surface area contributed by atoms with Crippen molar-refractivity contribution in [2.45, 2.75) is 6.92 Å². The zero-order valence-electron chi connectivity index (χ0n) is 11.9. The van der Waals surface area contributed by atoms with Gasteiger partial charge >= 0.3 is 0 Å². The number of pyridine rings is 1. The lowest BCUT2D eigenvalue weighted by Gasteiger charge is -1.94. The van der Waals surface area contributed by atoms with E-state index in [0.29, 0.717) is 11.4 Å². The summed E-state index contributed by atoms with van der Waals surface area (Å²) in [6, 6.07) is 13.5. The Morgan fingerprint density at radius 3 is 2.73 bits per heavy atom. The number of hydrogen-bond donors (Lipinski definition) is 0. The third-order valence-corrected chi connectivity index (χ3v) is 3.08. The molecular formula is C17H12N4O. The molecule has 0 aliphatic rings. The summed E-state index contributed by atoms with van der Waals surface area (Å²) >= 11 is 0. The van der Waals surface area contributed by atoms with E-state index >= 15 is 0 Å². The molecule has 0 spiro atoms. The second kappa shape index (κ2) is 6.02. The van der Waals surface area contributed by atoms with Crippen LogP contribution in [-0.4, -0.2) is 15.1 Å². The average Bonchev–Trinajstić information content (AvgIpc) is 3.04. The zero-order chi connectivity index (χ0) is 15.4. The van der Waals surface area contributed by atoms with Gasteiger partial charge in [0.15, 0.2) is 0 Å². The number of rotatable bonds is 3. The predicted octanol–water partition coefficient (Wildman–Crippen LogP) is 3.50. The third-order valence-electron chi connectivity index (χ3n) is 3.08. The summed E-state index contributed by atoms with van der Waals surface area (Å²) in [5.41, 5.74) is 3.11. The molecule has 106 valence electrons. The number of nitriles is 1. The van der Waals surface area contributed by atoms with Gasteiger partial charge in [-0.3, -0.25) is 4.98 Å². The van der Waals surface area contributed by atoms with Gasteiger partial charge in [-0.05, 0) is 24.6 Å². The highest BCUT2D eigenvalue weighted by Crippen LogP contribution is 2.21. The van der Waals surface area contributed by atoms with Crippen molar-refractivity contribution in [1.29, 1.82) is 5.26 Å². The van der Waals surface area contributed by atoms with Crippen LogP contribution in [0, 0.1) is 18.3 Å². The summed E-state index contributed by atoms with van der Waals surface area (Å²) in [5.74, 6) is 0.657. The second-order valence-corrected chi connectivity index (χ2v) is 4.75. The predicted molar refractivity (Wildman–Crippen MR) is 82.2 cm³/mol. The molecule has 0 N–H and O–H groups in total. The van der Waals surface area contributed by atoms with Crippen molar-refractivity contribution >= 4 is 11.6 Å². The summed E-state index contributed by atoms with van der Waals surface area (Å²) in [6.07, 6.45) is 5.00. The third kappa shape index (κ3) is 2.91. The second-order valence-electron chi connectivity index (χ2n) is 4.75. The Hall–Kier alpha value is -3.26. The van der Waals surface area contributed by atoms with Crippen LogP contribution in [0.4, 0.5) is 0 Å². The standard InChI is InChI=1S/C17H12N4O/c1-12-4-6-14(7-5-12)16-20-17(22-21-16)15(10-18)9-13-3-2-8-19-11-13/h2-9,11H,1H3. The van der Waals surface area contributed by atoms with E-state index in [1.807, 2.05) is 37.3 Å². The van der Waals surface area contributed by atoms with Crippen molar-refractivity contribution in [2.75, 3.05) is 0 Å². The molecule has 0 saturated heterocycles. The Balaban J connectivity index is 1.94. The molecule has 22 heavy (non-hydrogen) atoms. The van der Waals surface area contributed by atoms with Crippen LogP contribution in [-0.2, 0) is 0 Å². The van der Waals surface area contributed by atoms with Gasteiger partial charge in [-0.1, -0.05) is 41.1 Å². The molecule has 0 saturated carbocycles. The number of nitrogens with zero attached hydrogens (tertiary/aromatic N) is 4. The van der Waals surface area contributed by atoms with Gasteiger partial charge in [0.25, 0.3) is 5.89 Å². The molecule has 3 rings (SSSR count). The average molecular weight is 288 g/mol. The number of aromatic nitrogens is 3. The first-order valence-electron chi connectivity index (χ1n) is 6.69. The van der Waals surface area contributed by atoms with Gasteiger partial charge in [0.1, 0.15) is 11.6 Å². The molecule has 0 unspecified atom stereocenters. The highest BCUT2D eigenvalue weighted by molar-refractivity contribution is 5.86. The van der Waals surface area contributed by atoms with Gasteiger partial charge in [-0.15, -0.1) is 0 Å². The first-order chi connectivity index (χ1) is 10.8. The van der Waals surface area contributed by atoms with E-state index in [9.17, 15) is 5.26 Å². The van der Waals surface area contributed by atoms with Crippen LogP contribution >= 0.6 is 0 Å². The van der Waals surface area contributed by atoms with Crippen molar-refractivity contribution in [1.82, 2.24) is 15.1 Å². The zero-order valence-corrected chi connectivity index (χ0v) is 11.9. The maximum absolute atomic E-state index is 9.29. The molecule has 2 aromatic heterocycles. The van der Waals surface area contributed by atoms with Crippen LogP contribution in [0.2, 0.25) is 0 Å². The van der Waals surface area contributed by atoms with Gasteiger partial charge in [0.2, 0.25) is 5.82 Å². The van der Waals surface area contributed by atoms with E-state index in [4.69, 9.17) is 4.52 Å². The van der Waals surface area contributed by atoms with Crippen molar-refractivity contribution in [3.05, 3.63) is 65.8 Å². The van der Waals surface area contributed by atoms with Crippen LogP contribution in [0.3, 0.4) is 0 Å². The van der Waals surface area contributed by atoms with E-state index in [0.717, 1.165) is 16.7 Å². The Morgan fingerprint density at radius 2 is 2.05 bits per heavy atom. The minimum absolute atomic E-state index is 0.196. The highest BCUT2D eigenvalue weighted by atomic mass is 16.5. The number of hydrogen-bond acceptors (Lipinski definition) is 5. The fourth-order valence-corrected chi connectivity index (χ4v) is 1.92. The summed E-state index contributed by atoms with van der Waals surface area (Å²) in [7, 11) is 0. The van der Waals surface area contributed by atoms with Gasteiger partial charge < -0.3 is 4.52 Å².